The van der Waals surface area contributed by atoms with Crippen molar-refractivity contribution < 1.29 is 19.4 Å². The van der Waals surface area contributed by atoms with Crippen LogP contribution in [-0.2, 0) is 16.1 Å². The molecule has 8 heteroatoms. The van der Waals surface area contributed by atoms with E-state index in [9.17, 15) is 14.7 Å². The molecule has 2 aromatic rings. The molecule has 0 spiro atoms. The molecule has 1 atom stereocenters. The van der Waals surface area contributed by atoms with Crippen LogP contribution in [0.3, 0.4) is 0 Å². The SMILES string of the molecule is CC(C)(C)C(NC(=O)c1nn(CC2CCOCC2)c2ccc(Cl)cc12)C(=O)O. The summed E-state index contributed by atoms with van der Waals surface area (Å²) in [5.41, 5.74) is 0.364. The summed E-state index contributed by atoms with van der Waals surface area (Å²) < 4.78 is 7.24. The summed E-state index contributed by atoms with van der Waals surface area (Å²) in [4.78, 5) is 24.5. The van der Waals surface area contributed by atoms with Gasteiger partial charge in [0.25, 0.3) is 5.91 Å². The van der Waals surface area contributed by atoms with E-state index in [4.69, 9.17) is 16.3 Å². The van der Waals surface area contributed by atoms with Crippen LogP contribution in [0.15, 0.2) is 18.2 Å². The smallest absolute Gasteiger partial charge is 0.326 e. The van der Waals surface area contributed by atoms with Crippen LogP contribution in [0.4, 0.5) is 0 Å². The van der Waals surface area contributed by atoms with Gasteiger partial charge in [0.15, 0.2) is 5.69 Å². The van der Waals surface area contributed by atoms with E-state index in [1.165, 1.54) is 0 Å². The minimum absolute atomic E-state index is 0.194. The summed E-state index contributed by atoms with van der Waals surface area (Å²) in [5, 5.41) is 17.8. The standard InChI is InChI=1S/C20H26ClN3O4/c1-20(2,3)17(19(26)27)22-18(25)16-14-10-13(21)4-5-15(14)24(23-16)11-12-6-8-28-9-7-12/h4-5,10,12,17H,6-9,11H2,1-3H3,(H,22,25)(H,26,27). The first-order valence-electron chi connectivity index (χ1n) is 9.44. The average molecular weight is 408 g/mol. The number of carboxylic acids is 1. The summed E-state index contributed by atoms with van der Waals surface area (Å²) >= 11 is 6.15. The molecule has 28 heavy (non-hydrogen) atoms. The lowest BCUT2D eigenvalue weighted by Crippen LogP contribution is -2.49. The number of aromatic nitrogens is 2. The van der Waals surface area contributed by atoms with Crippen molar-refractivity contribution in [2.45, 2.75) is 46.2 Å². The predicted octanol–water partition coefficient (Wildman–Crippen LogP) is 3.35. The van der Waals surface area contributed by atoms with Crippen LogP contribution in [0.25, 0.3) is 10.9 Å². The molecule has 0 bridgehead atoms. The molecule has 2 heterocycles. The van der Waals surface area contributed by atoms with Gasteiger partial charge < -0.3 is 15.2 Å². The van der Waals surface area contributed by atoms with Crippen LogP contribution in [0.5, 0.6) is 0 Å². The number of nitrogens with zero attached hydrogens (tertiary/aromatic N) is 2. The Balaban J connectivity index is 1.94. The number of carbonyl (C=O) groups excluding carboxylic acids is 1. The van der Waals surface area contributed by atoms with Crippen molar-refractivity contribution in [1.29, 1.82) is 0 Å². The van der Waals surface area contributed by atoms with Gasteiger partial charge in [-0.25, -0.2) is 4.79 Å². The summed E-state index contributed by atoms with van der Waals surface area (Å²) in [6.07, 6.45) is 1.89. The first kappa shape index (κ1) is 20.6. The lowest BCUT2D eigenvalue weighted by atomic mass is 9.86. The number of hydrogen-bond acceptors (Lipinski definition) is 4. The third-order valence-electron chi connectivity index (χ3n) is 5.09. The number of nitrogens with one attached hydrogen (secondary N) is 1. The molecule has 1 aromatic heterocycles. The quantitative estimate of drug-likeness (QED) is 0.792. The topological polar surface area (TPSA) is 93.5 Å². The van der Waals surface area contributed by atoms with Crippen molar-refractivity contribution in [2.75, 3.05) is 13.2 Å². The molecule has 1 fully saturated rings. The highest BCUT2D eigenvalue weighted by molar-refractivity contribution is 6.31. The highest BCUT2D eigenvalue weighted by atomic mass is 35.5. The van der Waals surface area contributed by atoms with E-state index in [1.807, 2.05) is 10.7 Å². The number of benzene rings is 1. The third kappa shape index (κ3) is 4.47. The molecule has 152 valence electrons. The minimum Gasteiger partial charge on any atom is -0.480 e. The maximum absolute atomic E-state index is 12.9. The maximum Gasteiger partial charge on any atom is 0.326 e. The van der Waals surface area contributed by atoms with E-state index in [0.29, 0.717) is 22.9 Å². The number of aliphatic carboxylic acids is 1. The number of ether oxygens (including phenoxy) is 1. The summed E-state index contributed by atoms with van der Waals surface area (Å²) in [7, 11) is 0. The molecular formula is C20H26ClN3O4. The van der Waals surface area contributed by atoms with Gasteiger partial charge in [-0.05, 0) is 42.4 Å². The molecule has 2 N–H and O–H groups in total. The van der Waals surface area contributed by atoms with Crippen LogP contribution in [0.1, 0.15) is 44.1 Å². The van der Waals surface area contributed by atoms with E-state index in [0.717, 1.165) is 31.6 Å². The number of fused-ring (bicyclic) bond motifs is 1. The van der Waals surface area contributed by atoms with Gasteiger partial charge in [0, 0.05) is 30.2 Å². The Hall–Kier alpha value is -2.12. The number of amides is 1. The van der Waals surface area contributed by atoms with Crippen molar-refractivity contribution in [3.8, 4) is 0 Å². The fraction of sp³-hybridized carbons (Fsp3) is 0.550. The maximum atomic E-state index is 12.9. The Morgan fingerprint density at radius 1 is 1.36 bits per heavy atom. The highest BCUT2D eigenvalue weighted by Gasteiger charge is 2.34. The van der Waals surface area contributed by atoms with Gasteiger partial charge in [-0.3, -0.25) is 9.48 Å². The summed E-state index contributed by atoms with van der Waals surface area (Å²) in [6.45, 7) is 7.45. The lowest BCUT2D eigenvalue weighted by Gasteiger charge is -2.27. The van der Waals surface area contributed by atoms with E-state index < -0.39 is 23.3 Å². The molecule has 3 rings (SSSR count). The molecular weight excluding hydrogens is 382 g/mol. The molecule has 0 saturated carbocycles. The zero-order valence-corrected chi connectivity index (χ0v) is 17.1. The number of carbonyl (C=O) groups is 2. The van der Waals surface area contributed by atoms with E-state index in [2.05, 4.69) is 10.4 Å². The van der Waals surface area contributed by atoms with Crippen LogP contribution >= 0.6 is 11.6 Å². The second-order valence-electron chi connectivity index (χ2n) is 8.36. The Morgan fingerprint density at radius 2 is 2.04 bits per heavy atom. The first-order valence-corrected chi connectivity index (χ1v) is 9.82. The van der Waals surface area contributed by atoms with Crippen LogP contribution in [-0.4, -0.2) is 46.0 Å². The number of carboxylic acid groups (broad SMARTS) is 1. The molecule has 1 aromatic carbocycles. The highest BCUT2D eigenvalue weighted by Crippen LogP contribution is 2.26. The molecule has 1 aliphatic rings. The Morgan fingerprint density at radius 3 is 2.64 bits per heavy atom. The Labute approximate surface area is 169 Å². The molecule has 0 radical (unpaired) electrons. The van der Waals surface area contributed by atoms with Crippen LogP contribution in [0, 0.1) is 11.3 Å². The van der Waals surface area contributed by atoms with Crippen molar-refractivity contribution >= 4 is 34.4 Å². The van der Waals surface area contributed by atoms with Crippen LogP contribution < -0.4 is 5.32 Å². The molecule has 7 nitrogen and oxygen atoms in total. The van der Waals surface area contributed by atoms with E-state index in [-0.39, 0.29) is 5.69 Å². The van der Waals surface area contributed by atoms with Gasteiger partial charge in [-0.15, -0.1) is 0 Å². The number of halogens is 1. The summed E-state index contributed by atoms with van der Waals surface area (Å²) in [5.74, 6) is -1.17. The summed E-state index contributed by atoms with van der Waals surface area (Å²) in [6, 6.07) is 4.28. The molecule has 1 unspecified atom stereocenters. The second-order valence-corrected chi connectivity index (χ2v) is 8.80. The number of hydrogen-bond donors (Lipinski definition) is 2. The van der Waals surface area contributed by atoms with Crippen molar-refractivity contribution in [2.24, 2.45) is 11.3 Å². The van der Waals surface area contributed by atoms with Gasteiger partial charge >= 0.3 is 5.97 Å². The zero-order chi connectivity index (χ0) is 20.5. The second kappa shape index (κ2) is 8.09. The third-order valence-corrected chi connectivity index (χ3v) is 5.32. The van der Waals surface area contributed by atoms with Gasteiger partial charge in [0.1, 0.15) is 6.04 Å². The lowest BCUT2D eigenvalue weighted by molar-refractivity contribution is -0.142. The van der Waals surface area contributed by atoms with Crippen LogP contribution in [0.2, 0.25) is 5.02 Å². The van der Waals surface area contributed by atoms with Gasteiger partial charge in [0.05, 0.1) is 5.52 Å². The Kier molecular flexibility index (Phi) is 5.95. The first-order chi connectivity index (χ1) is 13.2. The Bertz CT molecular complexity index is 881. The van der Waals surface area contributed by atoms with Gasteiger partial charge in [0.2, 0.25) is 0 Å². The normalized spacial score (nSPS) is 16.9. The average Bonchev–Trinajstić information content (AvgIpc) is 2.96. The number of rotatable bonds is 5. The van der Waals surface area contributed by atoms with Crippen molar-refractivity contribution in [3.63, 3.8) is 0 Å². The predicted molar refractivity (Wildman–Crippen MR) is 107 cm³/mol. The van der Waals surface area contributed by atoms with E-state index in [1.54, 1.807) is 32.9 Å². The zero-order valence-electron chi connectivity index (χ0n) is 16.4. The van der Waals surface area contributed by atoms with Crippen molar-refractivity contribution in [3.05, 3.63) is 28.9 Å². The van der Waals surface area contributed by atoms with Gasteiger partial charge in [-0.1, -0.05) is 32.4 Å². The van der Waals surface area contributed by atoms with Gasteiger partial charge in [-0.2, -0.15) is 5.10 Å². The molecule has 1 amide bonds. The molecule has 1 saturated heterocycles. The van der Waals surface area contributed by atoms with E-state index >= 15 is 0 Å². The molecule has 0 aliphatic carbocycles. The largest absolute Gasteiger partial charge is 0.480 e. The minimum atomic E-state index is -1.08. The fourth-order valence-corrected chi connectivity index (χ4v) is 3.65. The fourth-order valence-electron chi connectivity index (χ4n) is 3.48. The molecule has 1 aliphatic heterocycles. The van der Waals surface area contributed by atoms with Crippen molar-refractivity contribution in [1.82, 2.24) is 15.1 Å². The monoisotopic (exact) mass is 407 g/mol.